The maximum Gasteiger partial charge on any atom is 0.310 e. The van der Waals surface area contributed by atoms with E-state index < -0.39 is 0 Å². The number of carbonyl (C=O) groups excluding carboxylic acids is 1. The zero-order chi connectivity index (χ0) is 15.6. The molecule has 2 rings (SSSR count). The quantitative estimate of drug-likeness (QED) is 0.805. The van der Waals surface area contributed by atoms with Gasteiger partial charge in [0.15, 0.2) is 5.82 Å². The molecule has 0 atom stereocenters. The molecule has 0 bridgehead atoms. The molecule has 0 aliphatic carbocycles. The Bertz CT molecular complexity index is 656. The van der Waals surface area contributed by atoms with E-state index >= 15 is 0 Å². The largest absolute Gasteiger partial charge is 0.466 e. The lowest BCUT2D eigenvalue weighted by Crippen LogP contribution is -2.09. The molecule has 6 heteroatoms. The Morgan fingerprint density at radius 1 is 1.24 bits per heavy atom. The van der Waals surface area contributed by atoms with Gasteiger partial charge >= 0.3 is 5.97 Å². The van der Waals surface area contributed by atoms with Crippen molar-refractivity contribution in [3.63, 3.8) is 0 Å². The van der Waals surface area contributed by atoms with Crippen LogP contribution in [0.2, 0.25) is 0 Å². The van der Waals surface area contributed by atoms with Crippen molar-refractivity contribution in [2.45, 2.75) is 41.0 Å². The highest BCUT2D eigenvalue weighted by Gasteiger charge is 2.17. The normalized spacial score (nSPS) is 10.7. The minimum absolute atomic E-state index is 0.231. The first kappa shape index (κ1) is 15.2. The summed E-state index contributed by atoms with van der Waals surface area (Å²) in [7, 11) is 0. The van der Waals surface area contributed by atoms with Crippen LogP contribution in [-0.4, -0.2) is 32.3 Å². The van der Waals surface area contributed by atoms with Gasteiger partial charge in [-0.1, -0.05) is 0 Å². The third-order valence-corrected chi connectivity index (χ3v) is 3.24. The summed E-state index contributed by atoms with van der Waals surface area (Å²) < 4.78 is 6.76. The van der Waals surface area contributed by atoms with E-state index in [2.05, 4.69) is 15.1 Å². The number of esters is 1. The number of aryl methyl sites for hydroxylation is 3. The predicted molar refractivity (Wildman–Crippen MR) is 78.4 cm³/mol. The molecule has 112 valence electrons. The smallest absolute Gasteiger partial charge is 0.310 e. The lowest BCUT2D eigenvalue weighted by atomic mass is 10.1. The summed E-state index contributed by atoms with van der Waals surface area (Å²) in [6.45, 7) is 9.77. The average molecular weight is 288 g/mol. The standard InChI is InChI=1S/C15H20N4O2/c1-6-21-15(20)8-13-10(3)18-19(11(13)4)14-7-9(2)16-12(5)17-14/h7H,6,8H2,1-5H3. The van der Waals surface area contributed by atoms with Crippen molar-refractivity contribution in [2.24, 2.45) is 0 Å². The van der Waals surface area contributed by atoms with Gasteiger partial charge in [0.2, 0.25) is 0 Å². The van der Waals surface area contributed by atoms with Crippen LogP contribution >= 0.6 is 0 Å². The summed E-state index contributed by atoms with van der Waals surface area (Å²) in [5, 5.41) is 4.49. The fourth-order valence-corrected chi connectivity index (χ4v) is 2.32. The molecule has 0 saturated carbocycles. The molecular weight excluding hydrogens is 268 g/mol. The number of carbonyl (C=O) groups is 1. The maximum absolute atomic E-state index is 11.7. The van der Waals surface area contributed by atoms with Crippen LogP contribution in [-0.2, 0) is 16.0 Å². The molecule has 2 aromatic rings. The molecule has 0 unspecified atom stereocenters. The first-order valence-corrected chi connectivity index (χ1v) is 6.95. The highest BCUT2D eigenvalue weighted by Crippen LogP contribution is 2.18. The number of hydrogen-bond donors (Lipinski definition) is 0. The van der Waals surface area contributed by atoms with Gasteiger partial charge < -0.3 is 4.74 Å². The number of rotatable bonds is 4. The topological polar surface area (TPSA) is 69.9 Å². The lowest BCUT2D eigenvalue weighted by Gasteiger charge is -2.06. The first-order chi connectivity index (χ1) is 9.92. The Balaban J connectivity index is 2.40. The highest BCUT2D eigenvalue weighted by atomic mass is 16.5. The molecule has 2 heterocycles. The molecule has 0 aliphatic rings. The van der Waals surface area contributed by atoms with E-state index in [0.717, 1.165) is 28.5 Å². The summed E-state index contributed by atoms with van der Waals surface area (Å²) in [4.78, 5) is 20.4. The van der Waals surface area contributed by atoms with E-state index in [9.17, 15) is 4.79 Å². The third-order valence-electron chi connectivity index (χ3n) is 3.24. The minimum atomic E-state index is -0.238. The molecule has 0 spiro atoms. The second kappa shape index (κ2) is 6.03. The number of ether oxygens (including phenoxy) is 1. The molecule has 0 saturated heterocycles. The van der Waals surface area contributed by atoms with Gasteiger partial charge in [-0.3, -0.25) is 4.79 Å². The van der Waals surface area contributed by atoms with Gasteiger partial charge in [0.05, 0.1) is 18.7 Å². The van der Waals surface area contributed by atoms with Crippen LogP contribution in [0.1, 0.15) is 35.4 Å². The van der Waals surface area contributed by atoms with Gasteiger partial charge in [-0.15, -0.1) is 0 Å². The minimum Gasteiger partial charge on any atom is -0.466 e. The summed E-state index contributed by atoms with van der Waals surface area (Å²) in [6, 6.07) is 1.88. The van der Waals surface area contributed by atoms with Crippen molar-refractivity contribution in [1.82, 2.24) is 19.7 Å². The van der Waals surface area contributed by atoms with Gasteiger partial charge in [0.1, 0.15) is 5.82 Å². The SMILES string of the molecule is CCOC(=O)Cc1c(C)nn(-c2cc(C)nc(C)n2)c1C. The Hall–Kier alpha value is -2.24. The highest BCUT2D eigenvalue weighted by molar-refractivity contribution is 5.73. The molecular formula is C15H20N4O2. The summed E-state index contributed by atoms with van der Waals surface area (Å²) in [5.41, 5.74) is 3.49. The van der Waals surface area contributed by atoms with Gasteiger partial charge in [-0.25, -0.2) is 14.6 Å². The average Bonchev–Trinajstić information content (AvgIpc) is 2.66. The maximum atomic E-state index is 11.7. The summed E-state index contributed by atoms with van der Waals surface area (Å²) in [5.74, 6) is 1.18. The van der Waals surface area contributed by atoms with Crippen LogP contribution in [0.3, 0.4) is 0 Å². The van der Waals surface area contributed by atoms with Crippen LogP contribution in [0.25, 0.3) is 5.82 Å². The van der Waals surface area contributed by atoms with Crippen LogP contribution in [0, 0.1) is 27.7 Å². The lowest BCUT2D eigenvalue weighted by molar-refractivity contribution is -0.142. The van der Waals surface area contributed by atoms with Gasteiger partial charge in [-0.2, -0.15) is 5.10 Å². The third kappa shape index (κ3) is 3.26. The van der Waals surface area contributed by atoms with Crippen molar-refractivity contribution in [3.05, 3.63) is 34.5 Å². The predicted octanol–water partition coefficient (Wildman–Crippen LogP) is 2.00. The summed E-state index contributed by atoms with van der Waals surface area (Å²) >= 11 is 0. The molecule has 21 heavy (non-hydrogen) atoms. The molecule has 2 aromatic heterocycles. The molecule has 0 radical (unpaired) electrons. The van der Waals surface area contributed by atoms with Gasteiger partial charge in [0, 0.05) is 23.0 Å². The Morgan fingerprint density at radius 3 is 2.57 bits per heavy atom. The molecule has 0 fully saturated rings. The van der Waals surface area contributed by atoms with Crippen LogP contribution in [0.15, 0.2) is 6.07 Å². The fourth-order valence-electron chi connectivity index (χ4n) is 2.32. The molecule has 6 nitrogen and oxygen atoms in total. The second-order valence-corrected chi connectivity index (χ2v) is 4.96. The second-order valence-electron chi connectivity index (χ2n) is 4.96. The van der Waals surface area contributed by atoms with Crippen molar-refractivity contribution in [1.29, 1.82) is 0 Å². The van der Waals surface area contributed by atoms with E-state index in [0.29, 0.717) is 12.4 Å². The van der Waals surface area contributed by atoms with E-state index in [1.807, 2.05) is 33.8 Å². The molecule has 0 aliphatic heterocycles. The van der Waals surface area contributed by atoms with E-state index in [-0.39, 0.29) is 12.4 Å². The number of nitrogens with zero attached hydrogens (tertiary/aromatic N) is 4. The zero-order valence-corrected chi connectivity index (χ0v) is 13.1. The first-order valence-electron chi connectivity index (χ1n) is 6.95. The number of hydrogen-bond acceptors (Lipinski definition) is 5. The van der Waals surface area contributed by atoms with Crippen molar-refractivity contribution in [2.75, 3.05) is 6.61 Å². The van der Waals surface area contributed by atoms with Gasteiger partial charge in [-0.05, 0) is 34.6 Å². The molecule has 0 amide bonds. The molecule has 0 aromatic carbocycles. The fraction of sp³-hybridized carbons (Fsp3) is 0.467. The monoisotopic (exact) mass is 288 g/mol. The van der Waals surface area contributed by atoms with Crippen LogP contribution < -0.4 is 0 Å². The Kier molecular flexibility index (Phi) is 4.35. The Labute approximate surface area is 124 Å². The van der Waals surface area contributed by atoms with Crippen LogP contribution in [0.4, 0.5) is 0 Å². The Morgan fingerprint density at radius 2 is 1.95 bits per heavy atom. The molecule has 0 N–H and O–H groups in total. The van der Waals surface area contributed by atoms with Crippen molar-refractivity contribution < 1.29 is 9.53 Å². The van der Waals surface area contributed by atoms with E-state index in [1.165, 1.54) is 0 Å². The van der Waals surface area contributed by atoms with Crippen molar-refractivity contribution in [3.8, 4) is 5.82 Å². The van der Waals surface area contributed by atoms with Gasteiger partial charge in [0.25, 0.3) is 0 Å². The summed E-state index contributed by atoms with van der Waals surface area (Å²) in [6.07, 6.45) is 0.231. The zero-order valence-electron chi connectivity index (χ0n) is 13.1. The van der Waals surface area contributed by atoms with Crippen molar-refractivity contribution >= 4 is 5.97 Å². The number of aromatic nitrogens is 4. The van der Waals surface area contributed by atoms with E-state index in [1.54, 1.807) is 11.6 Å². The van der Waals surface area contributed by atoms with E-state index in [4.69, 9.17) is 4.74 Å². The van der Waals surface area contributed by atoms with Crippen LogP contribution in [0.5, 0.6) is 0 Å².